The van der Waals surface area contributed by atoms with E-state index >= 15 is 0 Å². The normalized spacial score (nSPS) is 19.2. The average molecular weight is 459 g/mol. The summed E-state index contributed by atoms with van der Waals surface area (Å²) in [5, 5.41) is 0. The van der Waals surface area contributed by atoms with Crippen LogP contribution in [0.5, 0.6) is 5.75 Å². The summed E-state index contributed by atoms with van der Waals surface area (Å²) in [6.07, 6.45) is 10.5. The van der Waals surface area contributed by atoms with Gasteiger partial charge in [0.2, 0.25) is 0 Å². The number of hydrogen-bond donors (Lipinski definition) is 0. The summed E-state index contributed by atoms with van der Waals surface area (Å²) in [5.41, 5.74) is 3.66. The van der Waals surface area contributed by atoms with Crippen LogP contribution in [0, 0.1) is 5.92 Å². The van der Waals surface area contributed by atoms with Crippen molar-refractivity contribution in [1.29, 1.82) is 0 Å². The van der Waals surface area contributed by atoms with Gasteiger partial charge in [0.1, 0.15) is 12.4 Å². The fraction of sp³-hybridized carbons (Fsp3) is 0.517. The Hall–Kier alpha value is -2.23. The second-order valence-electron chi connectivity index (χ2n) is 9.32. The largest absolute Gasteiger partial charge is 0.490 e. The molecule has 2 aromatic carbocycles. The Balaban J connectivity index is 1.44. The number of halogens is 3. The summed E-state index contributed by atoms with van der Waals surface area (Å²) in [5.74, 6) is 2.16. The lowest BCUT2D eigenvalue weighted by Gasteiger charge is -2.29. The highest BCUT2D eigenvalue weighted by atomic mass is 19.4. The predicted octanol–water partition coefficient (Wildman–Crippen LogP) is 9.49. The van der Waals surface area contributed by atoms with E-state index in [-0.39, 0.29) is 12.7 Å². The number of rotatable bonds is 11. The molecule has 1 saturated carbocycles. The molecule has 4 heteroatoms. The summed E-state index contributed by atoms with van der Waals surface area (Å²) in [6, 6.07) is 16.4. The first kappa shape index (κ1) is 25.4. The van der Waals surface area contributed by atoms with E-state index in [1.54, 1.807) is 12.1 Å². The molecular formula is C29H37F3O. The average Bonchev–Trinajstić information content (AvgIpc) is 2.82. The molecule has 1 fully saturated rings. The van der Waals surface area contributed by atoms with Gasteiger partial charge in [0.15, 0.2) is 0 Å². The minimum Gasteiger partial charge on any atom is -0.490 e. The van der Waals surface area contributed by atoms with Crippen molar-refractivity contribution >= 4 is 0 Å². The number of unbranched alkanes of at least 4 members (excludes halogenated alkanes) is 4. The van der Waals surface area contributed by atoms with Gasteiger partial charge in [-0.1, -0.05) is 81.8 Å². The number of benzene rings is 2. The summed E-state index contributed by atoms with van der Waals surface area (Å²) in [6.45, 7) is 2.17. The molecule has 0 atom stereocenters. The van der Waals surface area contributed by atoms with E-state index in [9.17, 15) is 13.2 Å². The van der Waals surface area contributed by atoms with Crippen LogP contribution in [0.15, 0.2) is 60.7 Å². The lowest BCUT2D eigenvalue weighted by molar-refractivity contribution is -0.0801. The third-order valence-electron chi connectivity index (χ3n) is 6.79. The van der Waals surface area contributed by atoms with Crippen LogP contribution in [0.1, 0.15) is 82.6 Å². The number of allylic oxidation sites excluding steroid dienone is 1. The summed E-state index contributed by atoms with van der Waals surface area (Å²) in [7, 11) is 0. The van der Waals surface area contributed by atoms with Crippen LogP contribution in [0.4, 0.5) is 13.2 Å². The SMILES string of the molecule is CCCCCCCC1CCC(c2ccc(-c3ccc(OCC=CC(F)(F)F)cc3)cc2)CC1. The molecule has 0 radical (unpaired) electrons. The zero-order chi connectivity index (χ0) is 23.5. The highest BCUT2D eigenvalue weighted by Gasteiger charge is 2.22. The van der Waals surface area contributed by atoms with Crippen molar-refractivity contribution in [3.8, 4) is 16.9 Å². The molecule has 0 heterocycles. The van der Waals surface area contributed by atoms with E-state index in [1.807, 2.05) is 12.1 Å². The highest BCUT2D eigenvalue weighted by molar-refractivity contribution is 5.64. The number of alkyl halides is 3. The van der Waals surface area contributed by atoms with Gasteiger partial charge in [-0.25, -0.2) is 0 Å². The zero-order valence-electron chi connectivity index (χ0n) is 19.7. The molecule has 180 valence electrons. The van der Waals surface area contributed by atoms with Crippen molar-refractivity contribution in [2.45, 2.75) is 83.2 Å². The van der Waals surface area contributed by atoms with Crippen LogP contribution in [0.25, 0.3) is 11.1 Å². The Bertz CT molecular complexity index is 829. The zero-order valence-corrected chi connectivity index (χ0v) is 19.7. The molecule has 2 aromatic rings. The predicted molar refractivity (Wildman–Crippen MR) is 131 cm³/mol. The van der Waals surface area contributed by atoms with Gasteiger partial charge < -0.3 is 4.74 Å². The Labute approximate surface area is 197 Å². The van der Waals surface area contributed by atoms with Crippen LogP contribution < -0.4 is 4.74 Å². The molecule has 0 amide bonds. The van der Waals surface area contributed by atoms with E-state index in [0.717, 1.165) is 23.1 Å². The minimum atomic E-state index is -4.30. The molecule has 1 nitrogen and oxygen atoms in total. The first-order valence-corrected chi connectivity index (χ1v) is 12.5. The van der Waals surface area contributed by atoms with Crippen LogP contribution in [-0.2, 0) is 0 Å². The van der Waals surface area contributed by atoms with Gasteiger partial charge in [-0.3, -0.25) is 0 Å². The lowest BCUT2D eigenvalue weighted by atomic mass is 9.77. The topological polar surface area (TPSA) is 9.23 Å². The Morgan fingerprint density at radius 2 is 1.42 bits per heavy atom. The first-order valence-electron chi connectivity index (χ1n) is 12.5. The minimum absolute atomic E-state index is 0.103. The number of hydrogen-bond acceptors (Lipinski definition) is 1. The smallest absolute Gasteiger partial charge is 0.409 e. The molecule has 0 aromatic heterocycles. The maximum atomic E-state index is 12.1. The van der Waals surface area contributed by atoms with Crippen LogP contribution in [0.2, 0.25) is 0 Å². The third-order valence-corrected chi connectivity index (χ3v) is 6.79. The first-order chi connectivity index (χ1) is 15.9. The summed E-state index contributed by atoms with van der Waals surface area (Å²) < 4.78 is 41.7. The number of ether oxygens (including phenoxy) is 1. The van der Waals surface area contributed by atoms with Gasteiger partial charge in [0.25, 0.3) is 0 Å². The molecule has 0 spiro atoms. The summed E-state index contributed by atoms with van der Waals surface area (Å²) in [4.78, 5) is 0. The molecule has 1 aliphatic rings. The van der Waals surface area contributed by atoms with Gasteiger partial charge in [0, 0.05) is 6.08 Å². The molecule has 0 aliphatic heterocycles. The molecule has 3 rings (SSSR count). The fourth-order valence-electron chi connectivity index (χ4n) is 4.84. The van der Waals surface area contributed by atoms with Gasteiger partial charge in [-0.2, -0.15) is 13.2 Å². The standard InChI is InChI=1S/C29H37F3O/c1-2-3-4-5-6-8-23-9-11-24(12-10-23)25-13-15-26(16-14-25)27-17-19-28(20-18-27)33-22-7-21-29(30,31)32/h7,13-21,23-24H,2-6,8-12,22H2,1H3. The van der Waals surface area contributed by atoms with Gasteiger partial charge in [-0.05, 0) is 72.4 Å². The lowest BCUT2D eigenvalue weighted by Crippen LogP contribution is -2.13. The third kappa shape index (κ3) is 8.91. The molecule has 0 N–H and O–H groups in total. The molecule has 1 aliphatic carbocycles. The van der Waals surface area contributed by atoms with E-state index in [2.05, 4.69) is 31.2 Å². The second kappa shape index (κ2) is 12.9. The molecule has 33 heavy (non-hydrogen) atoms. The maximum Gasteiger partial charge on any atom is 0.409 e. The second-order valence-corrected chi connectivity index (χ2v) is 9.32. The highest BCUT2D eigenvalue weighted by Crippen LogP contribution is 2.38. The Kier molecular flexibility index (Phi) is 9.90. The van der Waals surface area contributed by atoms with Crippen LogP contribution in [-0.4, -0.2) is 12.8 Å². The van der Waals surface area contributed by atoms with Crippen molar-refractivity contribution in [3.63, 3.8) is 0 Å². The quantitative estimate of drug-likeness (QED) is 0.241. The van der Waals surface area contributed by atoms with Crippen molar-refractivity contribution in [1.82, 2.24) is 0 Å². The van der Waals surface area contributed by atoms with Crippen molar-refractivity contribution in [2.24, 2.45) is 5.92 Å². The van der Waals surface area contributed by atoms with Crippen molar-refractivity contribution in [3.05, 3.63) is 66.2 Å². The monoisotopic (exact) mass is 458 g/mol. The maximum absolute atomic E-state index is 12.1. The fourth-order valence-corrected chi connectivity index (χ4v) is 4.84. The van der Waals surface area contributed by atoms with E-state index in [0.29, 0.717) is 11.7 Å². The molecule has 0 bridgehead atoms. The van der Waals surface area contributed by atoms with Gasteiger partial charge in [0.05, 0.1) is 0 Å². The van der Waals surface area contributed by atoms with Gasteiger partial charge in [-0.15, -0.1) is 0 Å². The van der Waals surface area contributed by atoms with Crippen molar-refractivity contribution in [2.75, 3.05) is 6.61 Å². The molecule has 0 saturated heterocycles. The van der Waals surface area contributed by atoms with E-state index in [4.69, 9.17) is 4.74 Å². The Morgan fingerprint density at radius 3 is 2.03 bits per heavy atom. The van der Waals surface area contributed by atoms with Crippen molar-refractivity contribution < 1.29 is 17.9 Å². The molecular weight excluding hydrogens is 421 g/mol. The van der Waals surface area contributed by atoms with Gasteiger partial charge >= 0.3 is 6.18 Å². The Morgan fingerprint density at radius 1 is 0.818 bits per heavy atom. The van der Waals surface area contributed by atoms with Crippen LogP contribution >= 0.6 is 0 Å². The van der Waals surface area contributed by atoms with E-state index in [1.165, 1.54) is 69.8 Å². The summed E-state index contributed by atoms with van der Waals surface area (Å²) >= 11 is 0. The van der Waals surface area contributed by atoms with E-state index < -0.39 is 6.18 Å². The molecule has 0 unspecified atom stereocenters. The van der Waals surface area contributed by atoms with Crippen LogP contribution in [0.3, 0.4) is 0 Å².